The number of anilines is 1. The Balaban J connectivity index is 1.40. The van der Waals surface area contributed by atoms with Crippen LogP contribution in [0.2, 0.25) is 0 Å². The van der Waals surface area contributed by atoms with E-state index in [1.807, 2.05) is 36.4 Å². The van der Waals surface area contributed by atoms with Crippen molar-refractivity contribution in [3.05, 3.63) is 82.0 Å². The van der Waals surface area contributed by atoms with E-state index in [1.165, 1.54) is 12.1 Å². The molecule has 1 fully saturated rings. The molecule has 0 aromatic heterocycles. The molecule has 8 nitrogen and oxygen atoms in total. The van der Waals surface area contributed by atoms with Gasteiger partial charge in [0, 0.05) is 9.64 Å². The number of carbonyl (C=O) groups excluding carboxylic acids is 3. The number of barbiturate groups is 1. The van der Waals surface area contributed by atoms with E-state index in [0.717, 1.165) is 21.2 Å². The lowest BCUT2D eigenvalue weighted by Crippen LogP contribution is -2.54. The van der Waals surface area contributed by atoms with Crippen LogP contribution >= 0.6 is 67.8 Å². The highest BCUT2D eigenvalue weighted by Crippen LogP contribution is 2.37. The molecule has 2 heterocycles. The van der Waals surface area contributed by atoms with Crippen LogP contribution in [0.4, 0.5) is 10.5 Å². The summed E-state index contributed by atoms with van der Waals surface area (Å²) in [6.45, 7) is 0.473. The lowest BCUT2D eigenvalue weighted by atomic mass is 10.1. The van der Waals surface area contributed by atoms with Crippen molar-refractivity contribution in [2.75, 3.05) is 11.7 Å². The third-order valence-electron chi connectivity index (χ3n) is 5.34. The van der Waals surface area contributed by atoms with E-state index < -0.39 is 17.8 Å². The van der Waals surface area contributed by atoms with Gasteiger partial charge in [0.15, 0.2) is 11.5 Å². The minimum atomic E-state index is -0.829. The van der Waals surface area contributed by atoms with Crippen molar-refractivity contribution in [2.24, 2.45) is 0 Å². The zero-order valence-corrected chi connectivity index (χ0v) is 24.7. The van der Waals surface area contributed by atoms with Crippen molar-refractivity contribution in [3.8, 4) is 17.2 Å². The van der Waals surface area contributed by atoms with E-state index in [0.29, 0.717) is 29.4 Å². The van der Waals surface area contributed by atoms with Crippen LogP contribution in [0.5, 0.6) is 17.2 Å². The Morgan fingerprint density at radius 3 is 2.33 bits per heavy atom. The number of hydrogen-bond acceptors (Lipinski definition) is 6. The Labute approximate surface area is 246 Å². The number of nitrogens with zero attached hydrogens (tertiary/aromatic N) is 1. The highest BCUT2D eigenvalue weighted by Gasteiger charge is 2.37. The lowest BCUT2D eigenvalue weighted by Gasteiger charge is -2.26. The quantitative estimate of drug-likeness (QED) is 0.209. The van der Waals surface area contributed by atoms with Crippen LogP contribution in [0.15, 0.2) is 60.2 Å². The van der Waals surface area contributed by atoms with E-state index in [4.69, 9.17) is 14.2 Å². The van der Waals surface area contributed by atoms with Gasteiger partial charge in [-0.2, -0.15) is 0 Å². The third kappa shape index (κ3) is 5.18. The van der Waals surface area contributed by atoms with E-state index in [2.05, 4.69) is 73.1 Å². The molecule has 4 amide bonds. The number of amides is 4. The molecule has 182 valence electrons. The molecule has 3 aromatic rings. The molecule has 3 aromatic carbocycles. The second-order valence-electron chi connectivity index (χ2n) is 7.72. The highest BCUT2D eigenvalue weighted by molar-refractivity contribution is 14.1. The van der Waals surface area contributed by atoms with Gasteiger partial charge in [-0.3, -0.25) is 14.9 Å². The summed E-state index contributed by atoms with van der Waals surface area (Å²) in [6, 6.07) is 15.6. The molecule has 2 aliphatic rings. The van der Waals surface area contributed by atoms with Gasteiger partial charge < -0.3 is 14.2 Å². The Kier molecular flexibility index (Phi) is 7.39. The number of halogens is 3. The molecular formula is C25H15I3N2O6. The van der Waals surface area contributed by atoms with Crippen molar-refractivity contribution in [1.82, 2.24) is 5.32 Å². The number of urea groups is 1. The fourth-order valence-electron chi connectivity index (χ4n) is 3.62. The summed E-state index contributed by atoms with van der Waals surface area (Å²) in [5.74, 6) is 0.163. The summed E-state index contributed by atoms with van der Waals surface area (Å²) >= 11 is 6.58. The number of benzene rings is 3. The van der Waals surface area contributed by atoms with Crippen LogP contribution in [-0.2, 0) is 16.2 Å². The van der Waals surface area contributed by atoms with Crippen molar-refractivity contribution < 1.29 is 28.6 Å². The summed E-state index contributed by atoms with van der Waals surface area (Å²) < 4.78 is 19.5. The number of ether oxygens (including phenoxy) is 3. The lowest BCUT2D eigenvalue weighted by molar-refractivity contribution is -0.122. The number of fused-ring (bicyclic) bond motifs is 1. The molecule has 0 unspecified atom stereocenters. The summed E-state index contributed by atoms with van der Waals surface area (Å²) in [5.41, 5.74) is 1.78. The largest absolute Gasteiger partial charge is 0.487 e. The van der Waals surface area contributed by atoms with Gasteiger partial charge in [-0.05, 0) is 121 Å². The van der Waals surface area contributed by atoms with Crippen LogP contribution in [0.25, 0.3) is 6.08 Å². The Bertz CT molecular complexity index is 1420. The molecule has 0 aliphatic carbocycles. The number of imide groups is 2. The topological polar surface area (TPSA) is 94.2 Å². The van der Waals surface area contributed by atoms with Crippen molar-refractivity contribution in [3.63, 3.8) is 0 Å². The fourth-order valence-corrected chi connectivity index (χ4v) is 6.11. The average Bonchev–Trinajstić information content (AvgIpc) is 3.30. The van der Waals surface area contributed by atoms with Gasteiger partial charge in [-0.25, -0.2) is 9.69 Å². The Hall–Kier alpha value is -2.40. The predicted octanol–water partition coefficient (Wildman–Crippen LogP) is 5.47. The molecule has 36 heavy (non-hydrogen) atoms. The van der Waals surface area contributed by atoms with E-state index in [-0.39, 0.29) is 18.1 Å². The zero-order valence-electron chi connectivity index (χ0n) is 18.2. The van der Waals surface area contributed by atoms with Crippen molar-refractivity contribution in [1.29, 1.82) is 0 Å². The maximum Gasteiger partial charge on any atom is 0.335 e. The monoisotopic (exact) mass is 820 g/mol. The molecule has 2 aliphatic heterocycles. The van der Waals surface area contributed by atoms with Gasteiger partial charge in [0.25, 0.3) is 11.8 Å². The van der Waals surface area contributed by atoms with E-state index in [1.54, 1.807) is 12.1 Å². The first kappa shape index (κ1) is 25.3. The fraction of sp³-hybridized carbons (Fsp3) is 0.0800. The summed E-state index contributed by atoms with van der Waals surface area (Å²) in [6.07, 6.45) is 1.47. The SMILES string of the molecule is O=C1NC(=O)N(c2ccc3c(c2)OCO3)C(=O)/C1=C/c1cc(I)c(OCc2ccc(I)cc2)c(I)c1. The molecule has 0 spiro atoms. The minimum absolute atomic E-state index is 0.0598. The third-order valence-corrected chi connectivity index (χ3v) is 7.67. The van der Waals surface area contributed by atoms with Gasteiger partial charge in [0.05, 0.1) is 12.8 Å². The predicted molar refractivity (Wildman–Crippen MR) is 157 cm³/mol. The van der Waals surface area contributed by atoms with Gasteiger partial charge in [-0.15, -0.1) is 0 Å². The molecule has 11 heteroatoms. The normalized spacial score (nSPS) is 15.9. The van der Waals surface area contributed by atoms with Crippen LogP contribution in [0.1, 0.15) is 11.1 Å². The van der Waals surface area contributed by atoms with Crippen LogP contribution in [0.3, 0.4) is 0 Å². The number of nitrogens with one attached hydrogen (secondary N) is 1. The molecule has 1 saturated heterocycles. The molecule has 0 radical (unpaired) electrons. The summed E-state index contributed by atoms with van der Waals surface area (Å²) in [5, 5.41) is 2.24. The molecule has 1 N–H and O–H groups in total. The molecule has 0 bridgehead atoms. The van der Waals surface area contributed by atoms with Gasteiger partial charge >= 0.3 is 6.03 Å². The molecular weight excluding hydrogens is 805 g/mol. The average molecular weight is 820 g/mol. The van der Waals surface area contributed by atoms with Crippen molar-refractivity contribution >= 4 is 97.4 Å². The van der Waals surface area contributed by atoms with Gasteiger partial charge in [0.1, 0.15) is 17.9 Å². The first-order valence-corrected chi connectivity index (χ1v) is 13.7. The smallest absolute Gasteiger partial charge is 0.335 e. The van der Waals surface area contributed by atoms with E-state index in [9.17, 15) is 14.4 Å². The van der Waals surface area contributed by atoms with E-state index >= 15 is 0 Å². The summed E-state index contributed by atoms with van der Waals surface area (Å²) in [4.78, 5) is 39.3. The first-order valence-electron chi connectivity index (χ1n) is 10.5. The van der Waals surface area contributed by atoms with Crippen LogP contribution in [-0.4, -0.2) is 24.6 Å². The van der Waals surface area contributed by atoms with Gasteiger partial charge in [-0.1, -0.05) is 12.1 Å². The standard InChI is InChI=1S/C25H15I3N2O6/c26-15-3-1-13(2-4-15)11-34-22-18(27)8-14(9-19(22)28)7-17-23(31)29-25(33)30(24(17)32)16-5-6-20-21(10-16)36-12-35-20/h1-10H,11-12H2,(H,29,31,33)/b17-7+. The minimum Gasteiger partial charge on any atom is -0.487 e. The highest BCUT2D eigenvalue weighted by atomic mass is 127. The number of hydrogen-bond donors (Lipinski definition) is 1. The number of rotatable bonds is 5. The van der Waals surface area contributed by atoms with Crippen LogP contribution in [0, 0.1) is 10.7 Å². The summed E-state index contributed by atoms with van der Waals surface area (Å²) in [7, 11) is 0. The maximum absolute atomic E-state index is 13.2. The number of carbonyl (C=O) groups is 3. The van der Waals surface area contributed by atoms with Crippen molar-refractivity contribution in [2.45, 2.75) is 6.61 Å². The Morgan fingerprint density at radius 2 is 1.61 bits per heavy atom. The Morgan fingerprint density at radius 1 is 0.917 bits per heavy atom. The second-order valence-corrected chi connectivity index (χ2v) is 11.3. The second kappa shape index (κ2) is 10.5. The van der Waals surface area contributed by atoms with Gasteiger partial charge in [0.2, 0.25) is 6.79 Å². The maximum atomic E-state index is 13.2. The zero-order chi connectivity index (χ0) is 25.4. The van der Waals surface area contributed by atoms with Crippen LogP contribution < -0.4 is 24.4 Å². The molecule has 0 saturated carbocycles. The molecule has 5 rings (SSSR count). The molecule has 0 atom stereocenters. The first-order chi connectivity index (χ1) is 17.3.